The molecule has 0 spiro atoms. The molecule has 0 aliphatic rings. The van der Waals surface area contributed by atoms with Crippen LogP contribution < -0.4 is 5.32 Å². The van der Waals surface area contributed by atoms with Gasteiger partial charge in [-0.1, -0.05) is 46.8 Å². The summed E-state index contributed by atoms with van der Waals surface area (Å²) < 4.78 is 0. The van der Waals surface area contributed by atoms with Crippen LogP contribution in [0.25, 0.3) is 0 Å². The highest BCUT2D eigenvalue weighted by Crippen LogP contribution is 2.15. The fraction of sp³-hybridized carbons (Fsp3) is 0.625. The lowest BCUT2D eigenvalue weighted by atomic mass is 10.1. The Morgan fingerprint density at radius 1 is 0.882 bits per heavy atom. The Hall–Kier alpha value is -0.980. The standard InChI is InChI=1S/C12H19N.2C2H6/c1-5-10-6-8-11(9-7-10)13-12(2,3)4;2*1-2/h6-9,13H,5H2,1-4H3;2*1-2H3. The minimum atomic E-state index is 0.147. The van der Waals surface area contributed by atoms with Gasteiger partial charge < -0.3 is 5.32 Å². The highest BCUT2D eigenvalue weighted by atomic mass is 14.9. The molecule has 100 valence electrons. The summed E-state index contributed by atoms with van der Waals surface area (Å²) in [6, 6.07) is 8.64. The Morgan fingerprint density at radius 3 is 1.59 bits per heavy atom. The second kappa shape index (κ2) is 10.2. The summed E-state index contributed by atoms with van der Waals surface area (Å²) in [5, 5.41) is 3.43. The summed E-state index contributed by atoms with van der Waals surface area (Å²) in [5.74, 6) is 0. The Labute approximate surface area is 109 Å². The molecule has 17 heavy (non-hydrogen) atoms. The van der Waals surface area contributed by atoms with Crippen LogP contribution >= 0.6 is 0 Å². The Bertz CT molecular complexity index is 254. The van der Waals surface area contributed by atoms with Gasteiger partial charge in [-0.05, 0) is 44.9 Å². The molecule has 0 aliphatic carbocycles. The number of aryl methyl sites for hydroxylation is 1. The van der Waals surface area contributed by atoms with Gasteiger partial charge in [-0.25, -0.2) is 0 Å². The molecule has 0 fully saturated rings. The van der Waals surface area contributed by atoms with Gasteiger partial charge in [0.05, 0.1) is 0 Å². The van der Waals surface area contributed by atoms with E-state index in [2.05, 4.69) is 57.3 Å². The van der Waals surface area contributed by atoms with Crippen molar-refractivity contribution in [2.45, 2.75) is 67.3 Å². The van der Waals surface area contributed by atoms with Crippen LogP contribution in [0.3, 0.4) is 0 Å². The zero-order chi connectivity index (χ0) is 13.9. The SMILES string of the molecule is CC.CC.CCc1ccc(NC(C)(C)C)cc1. The molecule has 1 aromatic carbocycles. The van der Waals surface area contributed by atoms with E-state index in [1.54, 1.807) is 0 Å². The first kappa shape index (κ1) is 18.4. The molecule has 0 saturated carbocycles. The molecule has 0 aromatic heterocycles. The van der Waals surface area contributed by atoms with E-state index in [0.29, 0.717) is 0 Å². The van der Waals surface area contributed by atoms with Crippen LogP contribution in [0, 0.1) is 0 Å². The summed E-state index contributed by atoms with van der Waals surface area (Å²) in [5.41, 5.74) is 2.73. The average Bonchev–Trinajstić information content (AvgIpc) is 2.33. The van der Waals surface area contributed by atoms with Crippen LogP contribution in [-0.4, -0.2) is 5.54 Å². The van der Waals surface area contributed by atoms with Gasteiger partial charge in [0.25, 0.3) is 0 Å². The van der Waals surface area contributed by atoms with E-state index in [1.807, 2.05) is 27.7 Å². The minimum Gasteiger partial charge on any atom is -0.380 e. The molecule has 1 heteroatoms. The van der Waals surface area contributed by atoms with E-state index in [-0.39, 0.29) is 5.54 Å². The summed E-state index contributed by atoms with van der Waals surface area (Å²) in [4.78, 5) is 0. The van der Waals surface area contributed by atoms with Crippen LogP contribution in [0.1, 0.15) is 61.0 Å². The van der Waals surface area contributed by atoms with Crippen molar-refractivity contribution in [3.8, 4) is 0 Å². The summed E-state index contributed by atoms with van der Waals surface area (Å²) in [6.45, 7) is 16.7. The van der Waals surface area contributed by atoms with E-state index in [9.17, 15) is 0 Å². The van der Waals surface area contributed by atoms with Gasteiger partial charge >= 0.3 is 0 Å². The number of hydrogen-bond donors (Lipinski definition) is 1. The smallest absolute Gasteiger partial charge is 0.0344 e. The topological polar surface area (TPSA) is 12.0 Å². The number of anilines is 1. The first-order valence-corrected chi connectivity index (χ1v) is 6.88. The van der Waals surface area contributed by atoms with E-state index < -0.39 is 0 Å². The lowest BCUT2D eigenvalue weighted by Gasteiger charge is -2.22. The third kappa shape index (κ3) is 9.92. The predicted octanol–water partition coefficient (Wildman–Crippen LogP) is 5.51. The second-order valence-corrected chi connectivity index (χ2v) is 4.43. The molecule has 0 aliphatic heterocycles. The second-order valence-electron chi connectivity index (χ2n) is 4.43. The molecule has 0 radical (unpaired) electrons. The van der Waals surface area contributed by atoms with Crippen molar-refractivity contribution in [2.24, 2.45) is 0 Å². The van der Waals surface area contributed by atoms with Crippen LogP contribution in [0.2, 0.25) is 0 Å². The maximum Gasteiger partial charge on any atom is 0.0344 e. The van der Waals surface area contributed by atoms with E-state index >= 15 is 0 Å². The van der Waals surface area contributed by atoms with Gasteiger partial charge in [0.15, 0.2) is 0 Å². The Morgan fingerprint density at radius 2 is 1.29 bits per heavy atom. The molecule has 0 saturated heterocycles. The summed E-state index contributed by atoms with van der Waals surface area (Å²) >= 11 is 0. The summed E-state index contributed by atoms with van der Waals surface area (Å²) in [7, 11) is 0. The maximum absolute atomic E-state index is 3.43. The molecule has 0 bridgehead atoms. The fourth-order valence-corrected chi connectivity index (χ4v) is 1.26. The quantitative estimate of drug-likeness (QED) is 0.715. The van der Waals surface area contributed by atoms with E-state index in [1.165, 1.54) is 11.3 Å². The van der Waals surface area contributed by atoms with Gasteiger partial charge in [0.1, 0.15) is 0 Å². The monoisotopic (exact) mass is 237 g/mol. The molecule has 1 nitrogen and oxygen atoms in total. The Balaban J connectivity index is 0. The first-order valence-electron chi connectivity index (χ1n) is 6.88. The molecule has 1 aromatic rings. The fourth-order valence-electron chi connectivity index (χ4n) is 1.26. The molecular formula is C16H31N. The van der Waals surface area contributed by atoms with Gasteiger partial charge in [-0.2, -0.15) is 0 Å². The maximum atomic E-state index is 3.43. The van der Waals surface area contributed by atoms with E-state index in [0.717, 1.165) is 6.42 Å². The molecule has 0 unspecified atom stereocenters. The number of rotatable bonds is 2. The molecular weight excluding hydrogens is 206 g/mol. The molecule has 0 amide bonds. The molecule has 0 atom stereocenters. The molecule has 1 rings (SSSR count). The van der Waals surface area contributed by atoms with Crippen LogP contribution in [0.5, 0.6) is 0 Å². The zero-order valence-corrected chi connectivity index (χ0v) is 13.0. The van der Waals surface area contributed by atoms with Crippen LogP contribution in [0.4, 0.5) is 5.69 Å². The normalized spacial score (nSPS) is 9.41. The molecule has 0 heterocycles. The number of hydrogen-bond acceptors (Lipinski definition) is 1. The van der Waals surface area contributed by atoms with Gasteiger partial charge in [0, 0.05) is 11.2 Å². The van der Waals surface area contributed by atoms with Crippen molar-refractivity contribution in [1.29, 1.82) is 0 Å². The number of nitrogens with one attached hydrogen (secondary N) is 1. The third-order valence-electron chi connectivity index (χ3n) is 1.88. The van der Waals surface area contributed by atoms with Crippen molar-refractivity contribution >= 4 is 5.69 Å². The minimum absolute atomic E-state index is 0.147. The highest BCUT2D eigenvalue weighted by Gasteiger charge is 2.08. The van der Waals surface area contributed by atoms with Gasteiger partial charge in [0.2, 0.25) is 0 Å². The largest absolute Gasteiger partial charge is 0.380 e. The first-order chi connectivity index (χ1) is 8.01. The number of benzene rings is 1. The van der Waals surface area contributed by atoms with Gasteiger partial charge in [-0.3, -0.25) is 0 Å². The predicted molar refractivity (Wildman–Crippen MR) is 81.9 cm³/mol. The van der Waals surface area contributed by atoms with Crippen molar-refractivity contribution < 1.29 is 0 Å². The highest BCUT2D eigenvalue weighted by molar-refractivity contribution is 5.46. The van der Waals surface area contributed by atoms with Crippen LogP contribution in [-0.2, 0) is 6.42 Å². The van der Waals surface area contributed by atoms with E-state index in [4.69, 9.17) is 0 Å². The summed E-state index contributed by atoms with van der Waals surface area (Å²) in [6.07, 6.45) is 1.11. The van der Waals surface area contributed by atoms with Crippen molar-refractivity contribution in [1.82, 2.24) is 0 Å². The van der Waals surface area contributed by atoms with Crippen molar-refractivity contribution in [3.63, 3.8) is 0 Å². The van der Waals surface area contributed by atoms with Gasteiger partial charge in [-0.15, -0.1) is 0 Å². The van der Waals surface area contributed by atoms with Crippen LogP contribution in [0.15, 0.2) is 24.3 Å². The zero-order valence-electron chi connectivity index (χ0n) is 13.0. The lowest BCUT2D eigenvalue weighted by molar-refractivity contribution is 0.634. The van der Waals surface area contributed by atoms with Crippen molar-refractivity contribution in [2.75, 3.05) is 5.32 Å². The Kier molecular flexibility index (Phi) is 11.0. The molecule has 1 N–H and O–H groups in total. The lowest BCUT2D eigenvalue weighted by Crippen LogP contribution is -2.25. The van der Waals surface area contributed by atoms with Crippen molar-refractivity contribution in [3.05, 3.63) is 29.8 Å². The average molecular weight is 237 g/mol. The third-order valence-corrected chi connectivity index (χ3v) is 1.88.